The molecule has 0 bridgehead atoms. The number of nitrogens with zero attached hydrogens (tertiary/aromatic N) is 3. The highest BCUT2D eigenvalue weighted by Crippen LogP contribution is 2.19. The van der Waals surface area contributed by atoms with Gasteiger partial charge < -0.3 is 4.42 Å². The molecule has 2 rings (SSSR count). The van der Waals surface area contributed by atoms with Crippen LogP contribution in [-0.2, 0) is 11.2 Å². The van der Waals surface area contributed by atoms with Gasteiger partial charge in [0.15, 0.2) is 11.7 Å². The number of carbonyl (C=O) groups is 2. The van der Waals surface area contributed by atoms with Gasteiger partial charge in [-0.3, -0.25) is 14.9 Å². The van der Waals surface area contributed by atoms with Crippen molar-refractivity contribution in [2.45, 2.75) is 20.3 Å². The third kappa shape index (κ3) is 3.17. The number of Topliss-reactive ketones (excluding diaryl/α,β-unsaturated/α-hetero) is 1. The Morgan fingerprint density at radius 1 is 1.41 bits per heavy atom. The summed E-state index contributed by atoms with van der Waals surface area (Å²) < 4.78 is 5.40. The molecular weight excluding hydrogens is 284 g/mol. The molecule has 22 heavy (non-hydrogen) atoms. The summed E-state index contributed by atoms with van der Waals surface area (Å²) in [6.07, 6.45) is 3.50. The van der Waals surface area contributed by atoms with Crippen LogP contribution >= 0.6 is 0 Å². The molecule has 2 aromatic rings. The molecule has 0 fully saturated rings. The van der Waals surface area contributed by atoms with Gasteiger partial charge in [-0.15, -0.1) is 0 Å². The van der Waals surface area contributed by atoms with E-state index in [1.165, 1.54) is 18.5 Å². The molecule has 0 radical (unpaired) electrons. The summed E-state index contributed by atoms with van der Waals surface area (Å²) in [5.41, 5.74) is 0.814. The highest BCUT2D eigenvalue weighted by molar-refractivity contribution is 6.14. The topological polar surface area (TPSA) is 109 Å². The largest absolute Gasteiger partial charge is 0.458 e. The lowest BCUT2D eigenvalue weighted by atomic mass is 10.0. The van der Waals surface area contributed by atoms with Crippen molar-refractivity contribution >= 4 is 17.6 Å². The van der Waals surface area contributed by atoms with Crippen LogP contribution in [0.4, 0.5) is 5.95 Å². The summed E-state index contributed by atoms with van der Waals surface area (Å²) in [4.78, 5) is 31.9. The van der Waals surface area contributed by atoms with Crippen molar-refractivity contribution in [2.75, 3.05) is 5.32 Å². The molecule has 0 aliphatic heterocycles. The molecule has 0 unspecified atom stereocenters. The zero-order valence-electron chi connectivity index (χ0n) is 12.2. The van der Waals surface area contributed by atoms with E-state index in [2.05, 4.69) is 15.3 Å². The number of aryl methyl sites for hydroxylation is 2. The molecule has 0 aliphatic rings. The van der Waals surface area contributed by atoms with Crippen molar-refractivity contribution in [2.24, 2.45) is 5.92 Å². The molecule has 2 aromatic heterocycles. The first-order valence-corrected chi connectivity index (χ1v) is 6.67. The van der Waals surface area contributed by atoms with Crippen LogP contribution in [-0.4, -0.2) is 21.7 Å². The van der Waals surface area contributed by atoms with Crippen LogP contribution in [0.2, 0.25) is 0 Å². The summed E-state index contributed by atoms with van der Waals surface area (Å²) in [6.45, 7) is 3.69. The van der Waals surface area contributed by atoms with Crippen molar-refractivity contribution in [1.82, 2.24) is 9.97 Å². The molecule has 0 aliphatic carbocycles. The van der Waals surface area contributed by atoms with Crippen molar-refractivity contribution in [3.05, 3.63) is 41.6 Å². The molecule has 1 amide bonds. The van der Waals surface area contributed by atoms with Gasteiger partial charge >= 0.3 is 0 Å². The third-order valence-electron chi connectivity index (χ3n) is 3.04. The Morgan fingerprint density at radius 3 is 2.64 bits per heavy atom. The lowest BCUT2D eigenvalue weighted by Crippen LogP contribution is -2.29. The van der Waals surface area contributed by atoms with Gasteiger partial charge in [-0.2, -0.15) is 5.26 Å². The molecule has 0 saturated heterocycles. The molecule has 2 heterocycles. The van der Waals surface area contributed by atoms with E-state index in [1.54, 1.807) is 19.1 Å². The van der Waals surface area contributed by atoms with E-state index in [4.69, 9.17) is 9.68 Å². The van der Waals surface area contributed by atoms with Gasteiger partial charge in [-0.1, -0.05) is 6.92 Å². The molecule has 0 spiro atoms. The second kappa shape index (κ2) is 6.63. The summed E-state index contributed by atoms with van der Waals surface area (Å²) >= 11 is 0. The van der Waals surface area contributed by atoms with E-state index in [1.807, 2.05) is 6.92 Å². The number of carbonyl (C=O) groups excluding carboxylic acids is 2. The highest BCUT2D eigenvalue weighted by Gasteiger charge is 2.30. The van der Waals surface area contributed by atoms with E-state index in [0.717, 1.165) is 5.56 Å². The summed E-state index contributed by atoms with van der Waals surface area (Å²) in [5.74, 6) is -2.29. The fourth-order valence-corrected chi connectivity index (χ4v) is 1.92. The number of furan rings is 1. The monoisotopic (exact) mass is 298 g/mol. The number of ketones is 1. The van der Waals surface area contributed by atoms with Crippen molar-refractivity contribution in [3.8, 4) is 6.07 Å². The zero-order valence-corrected chi connectivity index (χ0v) is 12.2. The Labute approximate surface area is 127 Å². The van der Waals surface area contributed by atoms with Gasteiger partial charge in [0.25, 0.3) is 5.91 Å². The molecule has 0 aromatic carbocycles. The van der Waals surface area contributed by atoms with E-state index >= 15 is 0 Å². The minimum atomic E-state index is -1.51. The maximum Gasteiger partial charge on any atom is 0.252 e. The number of hydrogen-bond donors (Lipinski definition) is 1. The predicted molar refractivity (Wildman–Crippen MR) is 76.9 cm³/mol. The first-order chi connectivity index (χ1) is 10.6. The standard InChI is InChI=1S/C15H14N4O3/c1-3-11-9(2)7-12(22-11)13(20)10(8-16)14(21)19-15-17-5-4-6-18-15/h4-7,10H,3H2,1-2H3,(H,17,18,19,21)/t10-/m0/s1. The van der Waals surface area contributed by atoms with Crippen LogP contribution in [0.5, 0.6) is 0 Å². The Balaban J connectivity index is 2.18. The second-order valence-electron chi connectivity index (χ2n) is 4.56. The van der Waals surface area contributed by atoms with Crippen LogP contribution in [0.15, 0.2) is 28.9 Å². The van der Waals surface area contributed by atoms with E-state index in [9.17, 15) is 9.59 Å². The van der Waals surface area contributed by atoms with Gasteiger partial charge in [-0.25, -0.2) is 9.97 Å². The van der Waals surface area contributed by atoms with Gasteiger partial charge in [-0.05, 0) is 24.6 Å². The minimum absolute atomic E-state index is 0.00466. The van der Waals surface area contributed by atoms with Crippen LogP contribution in [0.1, 0.15) is 28.8 Å². The van der Waals surface area contributed by atoms with Gasteiger partial charge in [0.05, 0.1) is 6.07 Å². The van der Waals surface area contributed by atoms with Gasteiger partial charge in [0.2, 0.25) is 11.7 Å². The van der Waals surface area contributed by atoms with Crippen LogP contribution in [0, 0.1) is 24.2 Å². The molecule has 1 N–H and O–H groups in total. The molecule has 0 saturated carbocycles. The number of rotatable bonds is 5. The number of amides is 1. The Morgan fingerprint density at radius 2 is 2.09 bits per heavy atom. The lowest BCUT2D eigenvalue weighted by Gasteiger charge is -2.06. The van der Waals surface area contributed by atoms with Gasteiger partial charge in [0, 0.05) is 18.8 Å². The first-order valence-electron chi connectivity index (χ1n) is 6.67. The SMILES string of the molecule is CCc1oc(C(=O)[C@H](C#N)C(=O)Nc2ncccn2)cc1C. The average molecular weight is 298 g/mol. The third-order valence-corrected chi connectivity index (χ3v) is 3.04. The Kier molecular flexibility index (Phi) is 4.63. The second-order valence-corrected chi connectivity index (χ2v) is 4.56. The first kappa shape index (κ1) is 15.4. The smallest absolute Gasteiger partial charge is 0.252 e. The fraction of sp³-hybridized carbons (Fsp3) is 0.267. The molecule has 112 valence electrons. The van der Waals surface area contributed by atoms with E-state index in [0.29, 0.717) is 12.2 Å². The van der Waals surface area contributed by atoms with E-state index < -0.39 is 17.6 Å². The Bertz CT molecular complexity index is 731. The van der Waals surface area contributed by atoms with Gasteiger partial charge in [0.1, 0.15) is 5.76 Å². The Hall–Kier alpha value is -3.01. The maximum absolute atomic E-state index is 12.3. The number of nitriles is 1. The molecule has 7 heteroatoms. The van der Waals surface area contributed by atoms with Crippen molar-refractivity contribution in [1.29, 1.82) is 5.26 Å². The summed E-state index contributed by atoms with van der Waals surface area (Å²) in [6, 6.07) is 4.81. The van der Waals surface area contributed by atoms with Crippen molar-refractivity contribution in [3.63, 3.8) is 0 Å². The fourth-order valence-electron chi connectivity index (χ4n) is 1.92. The average Bonchev–Trinajstić information content (AvgIpc) is 2.90. The highest BCUT2D eigenvalue weighted by atomic mass is 16.3. The number of nitrogens with one attached hydrogen (secondary N) is 1. The van der Waals surface area contributed by atoms with E-state index in [-0.39, 0.29) is 11.7 Å². The maximum atomic E-state index is 12.3. The normalized spacial score (nSPS) is 11.5. The van der Waals surface area contributed by atoms with Crippen LogP contribution in [0.3, 0.4) is 0 Å². The zero-order chi connectivity index (χ0) is 16.1. The number of aromatic nitrogens is 2. The van der Waals surface area contributed by atoms with Crippen molar-refractivity contribution < 1.29 is 14.0 Å². The van der Waals surface area contributed by atoms with Crippen LogP contribution < -0.4 is 5.32 Å². The number of anilines is 1. The molecule has 1 atom stereocenters. The van der Waals surface area contributed by atoms with Crippen LogP contribution in [0.25, 0.3) is 0 Å². The number of hydrogen-bond acceptors (Lipinski definition) is 6. The quantitative estimate of drug-likeness (QED) is 0.667. The summed E-state index contributed by atoms with van der Waals surface area (Å²) in [5, 5.41) is 11.5. The lowest BCUT2D eigenvalue weighted by molar-refractivity contribution is -0.117. The summed E-state index contributed by atoms with van der Waals surface area (Å²) in [7, 11) is 0. The molecular formula is C15H14N4O3. The minimum Gasteiger partial charge on any atom is -0.458 e. The predicted octanol–water partition coefficient (Wildman–Crippen LogP) is 1.90. The molecule has 7 nitrogen and oxygen atoms in total.